The van der Waals surface area contributed by atoms with Crippen LogP contribution in [0.1, 0.15) is 34.2 Å². The second kappa shape index (κ2) is 9.85. The molecule has 0 spiro atoms. The van der Waals surface area contributed by atoms with E-state index in [0.29, 0.717) is 16.7 Å². The van der Waals surface area contributed by atoms with Gasteiger partial charge in [-0.25, -0.2) is 0 Å². The number of nitrogens with two attached hydrogens (primary N) is 1. The van der Waals surface area contributed by atoms with Gasteiger partial charge in [0.2, 0.25) is 5.78 Å². The summed E-state index contributed by atoms with van der Waals surface area (Å²) in [6.45, 7) is 0. The van der Waals surface area contributed by atoms with Crippen molar-refractivity contribution in [3.8, 4) is 5.75 Å². The van der Waals surface area contributed by atoms with Crippen molar-refractivity contribution >= 4 is 35.4 Å². The molecule has 9 nitrogen and oxygen atoms in total. The average molecular weight is 585 g/mol. The number of amides is 1. The summed E-state index contributed by atoms with van der Waals surface area (Å²) < 4.78 is 38.8. The van der Waals surface area contributed by atoms with Crippen LogP contribution >= 0.6 is 0 Å². The van der Waals surface area contributed by atoms with Crippen molar-refractivity contribution in [1.82, 2.24) is 4.90 Å². The molecule has 0 aliphatic heterocycles. The Hall–Kier alpha value is -4.42. The summed E-state index contributed by atoms with van der Waals surface area (Å²) in [5, 5.41) is 44.5. The Bertz CT molecular complexity index is 1620. The number of rotatable bonds is 4. The minimum absolute atomic E-state index is 0.0660. The van der Waals surface area contributed by atoms with Gasteiger partial charge in [0.05, 0.1) is 17.2 Å². The number of aromatic hydroxyl groups is 1. The number of fused-ring (bicyclic) bond motifs is 3. The topological polar surface area (TPSA) is 161 Å². The minimum atomic E-state index is -4.48. The van der Waals surface area contributed by atoms with Crippen LogP contribution in [0, 0.1) is 11.8 Å². The van der Waals surface area contributed by atoms with Gasteiger partial charge in [-0.1, -0.05) is 30.4 Å². The first-order chi connectivity index (χ1) is 19.6. The van der Waals surface area contributed by atoms with Crippen LogP contribution in [0.4, 0.5) is 13.2 Å². The Morgan fingerprint density at radius 1 is 1.05 bits per heavy atom. The molecule has 1 amide bonds. The Morgan fingerprint density at radius 3 is 2.26 bits per heavy atom. The summed E-state index contributed by atoms with van der Waals surface area (Å²) in [7, 11) is 3.02. The van der Waals surface area contributed by atoms with E-state index >= 15 is 0 Å². The highest BCUT2D eigenvalue weighted by molar-refractivity contribution is 6.24. The number of phenols is 1. The second-order valence-electron chi connectivity index (χ2n) is 10.9. The first-order valence-corrected chi connectivity index (χ1v) is 12.9. The number of primary amides is 1. The van der Waals surface area contributed by atoms with Crippen LogP contribution in [0.15, 0.2) is 53.3 Å². The standard InChI is InChI=1S/C30H27F3N2O7/c1-35(2)23-18-12-15-11-17-14(6-3-13-4-8-16(9-5-13)30(31,32)33)7-10-19(36)21(17)24(37)20(15)26(39)29(18,42)27(40)22(25(23)38)28(34)41/h3-10,15,18,23,36-37,40,42H,11-12H2,1-2H3,(H2,34,41)/b6-3+/t15-,18-,23-,29-/m1/s1. The van der Waals surface area contributed by atoms with Crippen LogP contribution in [0.2, 0.25) is 0 Å². The fourth-order valence-electron chi connectivity index (χ4n) is 6.39. The van der Waals surface area contributed by atoms with Gasteiger partial charge in [-0.15, -0.1) is 0 Å². The summed E-state index contributed by atoms with van der Waals surface area (Å²) in [6, 6.07) is 6.11. The molecule has 1 fully saturated rings. The van der Waals surface area contributed by atoms with Gasteiger partial charge in [-0.2, -0.15) is 13.2 Å². The molecule has 12 heteroatoms. The van der Waals surface area contributed by atoms with Crippen molar-refractivity contribution in [2.24, 2.45) is 17.6 Å². The van der Waals surface area contributed by atoms with Crippen molar-refractivity contribution in [2.75, 3.05) is 14.1 Å². The van der Waals surface area contributed by atoms with E-state index in [1.54, 1.807) is 18.2 Å². The van der Waals surface area contributed by atoms with E-state index in [-0.39, 0.29) is 29.7 Å². The van der Waals surface area contributed by atoms with Gasteiger partial charge in [0.1, 0.15) is 22.8 Å². The number of hydrogen-bond donors (Lipinski definition) is 5. The van der Waals surface area contributed by atoms with Gasteiger partial charge in [-0.3, -0.25) is 19.3 Å². The van der Waals surface area contributed by atoms with Gasteiger partial charge in [0.25, 0.3) is 5.91 Å². The number of halogens is 3. The van der Waals surface area contributed by atoms with E-state index in [1.807, 2.05) is 0 Å². The van der Waals surface area contributed by atoms with E-state index in [1.165, 1.54) is 37.2 Å². The number of Topliss-reactive ketones (excluding diaryl/α,β-unsaturated/α-hetero) is 2. The van der Waals surface area contributed by atoms with Crippen LogP contribution in [-0.2, 0) is 27.0 Å². The maximum absolute atomic E-state index is 13.9. The lowest BCUT2D eigenvalue weighted by Crippen LogP contribution is -2.65. The third-order valence-corrected chi connectivity index (χ3v) is 8.33. The molecule has 0 aromatic heterocycles. The molecule has 5 rings (SSSR count). The van der Waals surface area contributed by atoms with Crippen molar-refractivity contribution in [2.45, 2.75) is 30.7 Å². The SMILES string of the molecule is CN(C)[C@H]1C(=O)C(C(N)=O)=C(O)[C@]2(O)C(=O)C3=C(O)c4c(O)ccc(/C=C/c5ccc(C(F)(F)F)cc5)c4C[C@@H]3C[C@H]12. The molecule has 2 aromatic carbocycles. The van der Waals surface area contributed by atoms with Crippen molar-refractivity contribution < 1.29 is 48.0 Å². The molecular formula is C30H27F3N2O7. The number of phenolic OH excluding ortho intramolecular Hbond substituents is 1. The highest BCUT2D eigenvalue weighted by atomic mass is 19.4. The Morgan fingerprint density at radius 2 is 1.69 bits per heavy atom. The van der Waals surface area contributed by atoms with Crippen molar-refractivity contribution in [3.63, 3.8) is 0 Å². The number of nitrogens with zero attached hydrogens (tertiary/aromatic N) is 1. The van der Waals surface area contributed by atoms with Crippen LogP contribution in [0.5, 0.6) is 5.75 Å². The van der Waals surface area contributed by atoms with E-state index in [0.717, 1.165) is 12.1 Å². The number of ketones is 2. The average Bonchev–Trinajstić information content (AvgIpc) is 2.89. The van der Waals surface area contributed by atoms with E-state index in [2.05, 4.69) is 0 Å². The third kappa shape index (κ3) is 4.29. The van der Waals surface area contributed by atoms with Gasteiger partial charge < -0.3 is 26.2 Å². The molecule has 0 bridgehead atoms. The molecule has 1 saturated carbocycles. The zero-order chi connectivity index (χ0) is 30.9. The molecule has 2 aromatic rings. The maximum Gasteiger partial charge on any atom is 0.416 e. The molecule has 6 N–H and O–H groups in total. The van der Waals surface area contributed by atoms with Crippen LogP contribution < -0.4 is 5.73 Å². The number of alkyl halides is 3. The lowest BCUT2D eigenvalue weighted by molar-refractivity contribution is -0.153. The first-order valence-electron chi connectivity index (χ1n) is 12.9. The molecular weight excluding hydrogens is 557 g/mol. The first kappa shape index (κ1) is 29.1. The smallest absolute Gasteiger partial charge is 0.416 e. The summed E-state index contributed by atoms with van der Waals surface area (Å²) >= 11 is 0. The molecule has 220 valence electrons. The van der Waals surface area contributed by atoms with Gasteiger partial charge in [0, 0.05) is 11.5 Å². The quantitative estimate of drug-likeness (QED) is 0.271. The molecule has 42 heavy (non-hydrogen) atoms. The Kier molecular flexibility index (Phi) is 6.82. The maximum atomic E-state index is 13.9. The predicted octanol–water partition coefficient (Wildman–Crippen LogP) is 3.15. The lowest BCUT2D eigenvalue weighted by Gasteiger charge is -2.50. The molecule has 3 aliphatic rings. The zero-order valence-corrected chi connectivity index (χ0v) is 22.4. The molecule has 0 heterocycles. The molecule has 4 atom stereocenters. The fourth-order valence-corrected chi connectivity index (χ4v) is 6.39. The minimum Gasteiger partial charge on any atom is -0.508 e. The van der Waals surface area contributed by atoms with Crippen LogP contribution in [-0.4, -0.2) is 68.5 Å². The number of likely N-dealkylation sites (N-methyl/N-ethyl adjacent to an activating group) is 1. The van der Waals surface area contributed by atoms with Crippen LogP contribution in [0.25, 0.3) is 17.9 Å². The molecule has 0 radical (unpaired) electrons. The monoisotopic (exact) mass is 584 g/mol. The fraction of sp³-hybridized carbons (Fsp3) is 0.300. The number of benzene rings is 2. The van der Waals surface area contributed by atoms with Crippen molar-refractivity contribution in [3.05, 3.63) is 81.1 Å². The summed E-state index contributed by atoms with van der Waals surface area (Å²) in [4.78, 5) is 40.6. The largest absolute Gasteiger partial charge is 0.508 e. The summed E-state index contributed by atoms with van der Waals surface area (Å²) in [5.74, 6) is -7.42. The van der Waals surface area contributed by atoms with E-state index in [9.17, 15) is 48.0 Å². The van der Waals surface area contributed by atoms with E-state index in [4.69, 9.17) is 5.73 Å². The zero-order valence-electron chi connectivity index (χ0n) is 22.4. The number of hydrogen-bond acceptors (Lipinski definition) is 8. The number of carbonyl (C=O) groups is 3. The number of aliphatic hydroxyl groups is 3. The third-order valence-electron chi connectivity index (χ3n) is 8.33. The molecule has 3 aliphatic carbocycles. The van der Waals surface area contributed by atoms with Gasteiger partial charge >= 0.3 is 6.18 Å². The highest BCUT2D eigenvalue weighted by Crippen LogP contribution is 2.53. The molecule has 0 unspecified atom stereocenters. The number of carbonyl (C=O) groups excluding carboxylic acids is 3. The van der Waals surface area contributed by atoms with Gasteiger partial charge in [-0.05, 0) is 67.7 Å². The normalized spacial score (nSPS) is 26.0. The van der Waals surface area contributed by atoms with E-state index < -0.39 is 69.8 Å². The predicted molar refractivity (Wildman–Crippen MR) is 145 cm³/mol. The highest BCUT2D eigenvalue weighted by Gasteiger charge is 2.64. The lowest BCUT2D eigenvalue weighted by atomic mass is 9.57. The Labute approximate surface area is 237 Å². The van der Waals surface area contributed by atoms with Gasteiger partial charge in [0.15, 0.2) is 11.4 Å². The summed E-state index contributed by atoms with van der Waals surface area (Å²) in [5.41, 5.74) is 1.93. The number of aliphatic hydroxyl groups excluding tert-OH is 2. The second-order valence-corrected chi connectivity index (χ2v) is 10.9. The Balaban J connectivity index is 1.61. The van der Waals surface area contributed by atoms with Crippen molar-refractivity contribution in [1.29, 1.82) is 0 Å². The summed E-state index contributed by atoms with van der Waals surface area (Å²) in [6.07, 6.45) is -1.31. The van der Waals surface area contributed by atoms with Crippen LogP contribution in [0.3, 0.4) is 0 Å². The molecule has 0 saturated heterocycles.